The van der Waals surface area contributed by atoms with Gasteiger partial charge in [-0.3, -0.25) is 0 Å². The molecule has 3 aromatic rings. The highest BCUT2D eigenvalue weighted by molar-refractivity contribution is 7.15. The van der Waals surface area contributed by atoms with Gasteiger partial charge >= 0.3 is 0 Å². The van der Waals surface area contributed by atoms with E-state index in [9.17, 15) is 0 Å². The number of benzene rings is 1. The third-order valence-electron chi connectivity index (χ3n) is 3.23. The van der Waals surface area contributed by atoms with E-state index >= 15 is 0 Å². The van der Waals surface area contributed by atoms with Crippen LogP contribution >= 0.6 is 11.3 Å². The summed E-state index contributed by atoms with van der Waals surface area (Å²) in [5.41, 5.74) is 8.85. The second kappa shape index (κ2) is 5.54. The Morgan fingerprint density at radius 3 is 2.57 bits per heavy atom. The fourth-order valence-corrected chi connectivity index (χ4v) is 3.10. The van der Waals surface area contributed by atoms with Crippen molar-refractivity contribution < 1.29 is 4.74 Å². The lowest BCUT2D eigenvalue weighted by molar-refractivity contribution is 0.415. The smallest absolute Gasteiger partial charge is 0.133 e. The molecule has 0 atom stereocenters. The van der Waals surface area contributed by atoms with Gasteiger partial charge in [-0.05, 0) is 43.3 Å². The van der Waals surface area contributed by atoms with Crippen LogP contribution in [0.1, 0.15) is 4.88 Å². The number of aryl methyl sites for hydroxylation is 1. The van der Waals surface area contributed by atoms with Crippen molar-refractivity contribution in [3.05, 3.63) is 47.5 Å². The molecular weight excluding hydrogens is 282 g/mol. The van der Waals surface area contributed by atoms with Crippen molar-refractivity contribution in [3.8, 4) is 27.6 Å². The number of nitrogen functional groups attached to an aromatic ring is 1. The number of thiazole rings is 1. The molecule has 0 unspecified atom stereocenters. The Balaban J connectivity index is 2.03. The second-order valence-electron chi connectivity index (χ2n) is 4.59. The summed E-state index contributed by atoms with van der Waals surface area (Å²) >= 11 is 1.62. The van der Waals surface area contributed by atoms with Crippen LogP contribution in [0.4, 0.5) is 5.82 Å². The van der Waals surface area contributed by atoms with E-state index in [2.05, 4.69) is 11.9 Å². The van der Waals surface area contributed by atoms with Crippen LogP contribution < -0.4 is 10.5 Å². The fraction of sp³-hybridized carbons (Fsp3) is 0.125. The highest BCUT2D eigenvalue weighted by Crippen LogP contribution is 2.35. The van der Waals surface area contributed by atoms with Crippen LogP contribution in [0.15, 0.2) is 42.6 Å². The van der Waals surface area contributed by atoms with Gasteiger partial charge in [0.05, 0.1) is 18.4 Å². The maximum Gasteiger partial charge on any atom is 0.133 e. The molecule has 3 rings (SSSR count). The van der Waals surface area contributed by atoms with E-state index in [1.807, 2.05) is 36.4 Å². The molecule has 2 N–H and O–H groups in total. The largest absolute Gasteiger partial charge is 0.497 e. The van der Waals surface area contributed by atoms with E-state index < -0.39 is 0 Å². The summed E-state index contributed by atoms with van der Waals surface area (Å²) in [5.74, 6) is 1.34. The minimum atomic E-state index is 0.507. The van der Waals surface area contributed by atoms with Gasteiger partial charge in [0.25, 0.3) is 0 Å². The Labute approximate surface area is 127 Å². The van der Waals surface area contributed by atoms with Gasteiger partial charge in [-0.1, -0.05) is 0 Å². The third kappa shape index (κ3) is 2.60. The summed E-state index contributed by atoms with van der Waals surface area (Å²) in [5, 5.41) is 0.893. The van der Waals surface area contributed by atoms with Gasteiger partial charge in [0, 0.05) is 16.6 Å². The Kier molecular flexibility index (Phi) is 3.58. The molecule has 5 heteroatoms. The monoisotopic (exact) mass is 297 g/mol. The van der Waals surface area contributed by atoms with E-state index in [0.29, 0.717) is 5.82 Å². The third-order valence-corrected chi connectivity index (χ3v) is 4.23. The number of ether oxygens (including phenoxy) is 1. The zero-order valence-electron chi connectivity index (χ0n) is 11.8. The number of hydrogen-bond donors (Lipinski definition) is 1. The Morgan fingerprint density at radius 2 is 1.90 bits per heavy atom. The second-order valence-corrected chi connectivity index (χ2v) is 5.79. The predicted molar refractivity (Wildman–Crippen MR) is 86.5 cm³/mol. The van der Waals surface area contributed by atoms with E-state index in [1.54, 1.807) is 24.6 Å². The van der Waals surface area contributed by atoms with Crippen molar-refractivity contribution in [2.45, 2.75) is 6.92 Å². The number of aromatic nitrogens is 2. The molecular formula is C16H15N3OS. The number of hydrogen-bond acceptors (Lipinski definition) is 5. The fourth-order valence-electron chi connectivity index (χ4n) is 2.13. The standard InChI is InChI=1S/C16H15N3OS/c1-10-14(11-5-7-12(20-2)8-6-11)19-16(21-10)13-4-3-9-18-15(13)17/h3-9H,1-2H3,(H2,17,18). The molecule has 0 saturated carbocycles. The molecule has 4 nitrogen and oxygen atoms in total. The molecule has 0 amide bonds. The Morgan fingerprint density at radius 1 is 1.14 bits per heavy atom. The van der Waals surface area contributed by atoms with Gasteiger partial charge in [0.1, 0.15) is 16.6 Å². The number of pyridine rings is 1. The molecule has 2 heterocycles. The number of nitrogens with zero attached hydrogens (tertiary/aromatic N) is 2. The maximum atomic E-state index is 5.93. The van der Waals surface area contributed by atoms with E-state index in [4.69, 9.17) is 15.5 Å². The molecule has 0 aliphatic rings. The summed E-state index contributed by atoms with van der Waals surface area (Å²) in [7, 11) is 1.66. The summed E-state index contributed by atoms with van der Waals surface area (Å²) in [6.07, 6.45) is 1.68. The molecule has 0 aliphatic heterocycles. The van der Waals surface area contributed by atoms with Gasteiger partial charge in [-0.15, -0.1) is 11.3 Å². The first kappa shape index (κ1) is 13.6. The average Bonchev–Trinajstić information content (AvgIpc) is 2.89. The molecule has 0 fully saturated rings. The molecule has 0 radical (unpaired) electrons. The van der Waals surface area contributed by atoms with Gasteiger partial charge < -0.3 is 10.5 Å². The Hall–Kier alpha value is -2.40. The number of rotatable bonds is 3. The zero-order valence-corrected chi connectivity index (χ0v) is 12.6. The SMILES string of the molecule is COc1ccc(-c2nc(-c3cccnc3N)sc2C)cc1. The van der Waals surface area contributed by atoms with Crippen molar-refractivity contribution in [3.63, 3.8) is 0 Å². The van der Waals surface area contributed by atoms with Gasteiger partial charge in [0.15, 0.2) is 0 Å². The minimum absolute atomic E-state index is 0.507. The summed E-state index contributed by atoms with van der Waals surface area (Å²) in [6.45, 7) is 2.06. The van der Waals surface area contributed by atoms with Crippen molar-refractivity contribution in [1.29, 1.82) is 0 Å². The normalized spacial score (nSPS) is 10.6. The highest BCUT2D eigenvalue weighted by atomic mass is 32.1. The number of nitrogens with two attached hydrogens (primary N) is 1. The van der Waals surface area contributed by atoms with Crippen LogP contribution in [0.5, 0.6) is 5.75 Å². The summed E-state index contributed by atoms with van der Waals surface area (Å²) in [4.78, 5) is 9.99. The van der Waals surface area contributed by atoms with Crippen molar-refractivity contribution in [2.24, 2.45) is 0 Å². The maximum absolute atomic E-state index is 5.93. The molecule has 0 bridgehead atoms. The lowest BCUT2D eigenvalue weighted by Crippen LogP contribution is -1.92. The van der Waals surface area contributed by atoms with Crippen LogP contribution in [0, 0.1) is 6.92 Å². The van der Waals surface area contributed by atoms with Gasteiger partial charge in [-0.25, -0.2) is 9.97 Å². The first-order valence-electron chi connectivity index (χ1n) is 6.52. The molecule has 21 heavy (non-hydrogen) atoms. The van der Waals surface area contributed by atoms with Gasteiger partial charge in [0.2, 0.25) is 0 Å². The van der Waals surface area contributed by atoms with Crippen LogP contribution in [-0.2, 0) is 0 Å². The number of anilines is 1. The molecule has 1 aromatic carbocycles. The molecule has 0 saturated heterocycles. The molecule has 0 aliphatic carbocycles. The summed E-state index contributed by atoms with van der Waals surface area (Å²) in [6, 6.07) is 11.7. The molecule has 0 spiro atoms. The van der Waals surface area contributed by atoms with Crippen LogP contribution in [-0.4, -0.2) is 17.1 Å². The van der Waals surface area contributed by atoms with E-state index in [1.165, 1.54) is 0 Å². The quantitative estimate of drug-likeness (QED) is 0.799. The molecule has 2 aromatic heterocycles. The first-order chi connectivity index (χ1) is 10.2. The molecule has 106 valence electrons. The zero-order chi connectivity index (χ0) is 14.8. The topological polar surface area (TPSA) is 61.0 Å². The van der Waals surface area contributed by atoms with Crippen LogP contribution in [0.2, 0.25) is 0 Å². The van der Waals surface area contributed by atoms with Gasteiger partial charge in [-0.2, -0.15) is 0 Å². The van der Waals surface area contributed by atoms with Crippen molar-refractivity contribution >= 4 is 17.2 Å². The highest BCUT2D eigenvalue weighted by Gasteiger charge is 2.13. The average molecular weight is 297 g/mol. The lowest BCUT2D eigenvalue weighted by Gasteiger charge is -2.02. The lowest BCUT2D eigenvalue weighted by atomic mass is 10.1. The predicted octanol–water partition coefficient (Wildman–Crippen LogP) is 3.77. The van der Waals surface area contributed by atoms with Crippen LogP contribution in [0.3, 0.4) is 0 Å². The number of methoxy groups -OCH3 is 1. The first-order valence-corrected chi connectivity index (χ1v) is 7.33. The Bertz CT molecular complexity index is 765. The van der Waals surface area contributed by atoms with Crippen molar-refractivity contribution in [1.82, 2.24) is 9.97 Å². The summed E-state index contributed by atoms with van der Waals surface area (Å²) < 4.78 is 5.18. The minimum Gasteiger partial charge on any atom is -0.497 e. The van der Waals surface area contributed by atoms with E-state index in [-0.39, 0.29) is 0 Å². The van der Waals surface area contributed by atoms with Crippen LogP contribution in [0.25, 0.3) is 21.8 Å². The van der Waals surface area contributed by atoms with E-state index in [0.717, 1.165) is 32.5 Å². The van der Waals surface area contributed by atoms with Crippen molar-refractivity contribution in [2.75, 3.05) is 12.8 Å².